The maximum absolute atomic E-state index is 13.1. The number of nitrogens with two attached hydrogens (primary N) is 1. The molecule has 304 valence electrons. The van der Waals surface area contributed by atoms with Gasteiger partial charge in [0.25, 0.3) is 5.89 Å². The first-order chi connectivity index (χ1) is 29.0. The molecule has 3 heterocycles. The summed E-state index contributed by atoms with van der Waals surface area (Å²) in [6, 6.07) is 44.2. The van der Waals surface area contributed by atoms with Crippen molar-refractivity contribution in [1.29, 1.82) is 0 Å². The number of aliphatic imine (C=N–C) groups is 1. The quantitative estimate of drug-likeness (QED) is 0.0957. The number of alkyl halides is 3. The molecule has 8 rings (SSSR count). The molecular weight excluding hydrogens is 772 g/mol. The van der Waals surface area contributed by atoms with Gasteiger partial charge in [-0.05, 0) is 58.4 Å². The third kappa shape index (κ3) is 10.2. The molecule has 2 atom stereocenters. The van der Waals surface area contributed by atoms with E-state index in [0.29, 0.717) is 29.7 Å². The third-order valence-electron chi connectivity index (χ3n) is 10.0. The fourth-order valence-corrected chi connectivity index (χ4v) is 6.82. The minimum atomic E-state index is -4.62. The number of hydrogen-bond acceptors (Lipinski definition) is 9. The summed E-state index contributed by atoms with van der Waals surface area (Å²) in [7, 11) is 1.69. The lowest BCUT2D eigenvalue weighted by Crippen LogP contribution is -2.25. The average Bonchev–Trinajstić information content (AvgIpc) is 3.95. The molecule has 11 nitrogen and oxygen atoms in total. The lowest BCUT2D eigenvalue weighted by Gasteiger charge is -2.17. The van der Waals surface area contributed by atoms with Crippen LogP contribution in [-0.4, -0.2) is 57.2 Å². The predicted octanol–water partition coefficient (Wildman–Crippen LogP) is 8.86. The second kappa shape index (κ2) is 18.5. The molecule has 7 aromatic rings. The van der Waals surface area contributed by atoms with E-state index in [4.69, 9.17) is 15.0 Å². The second-order valence-electron chi connectivity index (χ2n) is 14.0. The number of aromatic nitrogens is 4. The average molecular weight is 812 g/mol. The Morgan fingerprint density at radius 2 is 1.38 bits per heavy atom. The van der Waals surface area contributed by atoms with Crippen LogP contribution in [0.15, 0.2) is 155 Å². The number of ether oxygens (including phenoxy) is 1. The molecule has 0 radical (unpaired) electrons. The maximum Gasteiger partial charge on any atom is 0.433 e. The molecule has 0 unspecified atom stereocenters. The van der Waals surface area contributed by atoms with Crippen molar-refractivity contribution in [3.05, 3.63) is 168 Å². The van der Waals surface area contributed by atoms with Crippen molar-refractivity contribution in [3.8, 4) is 39.4 Å². The largest absolute Gasteiger partial charge is 0.484 e. The van der Waals surface area contributed by atoms with Gasteiger partial charge in [-0.25, -0.2) is 9.97 Å². The Hall–Kier alpha value is -7.35. The number of aliphatic carboxylic acids is 1. The molecule has 1 aliphatic heterocycles. The van der Waals surface area contributed by atoms with Crippen molar-refractivity contribution in [3.63, 3.8) is 0 Å². The van der Waals surface area contributed by atoms with Crippen LogP contribution in [0.5, 0.6) is 5.75 Å². The van der Waals surface area contributed by atoms with Crippen molar-refractivity contribution in [1.82, 2.24) is 20.1 Å². The zero-order chi connectivity index (χ0) is 42.1. The number of amidine groups is 1. The minimum Gasteiger partial charge on any atom is -0.484 e. The summed E-state index contributed by atoms with van der Waals surface area (Å²) in [5.74, 6) is -0.404. The van der Waals surface area contributed by atoms with Crippen LogP contribution >= 0.6 is 0 Å². The van der Waals surface area contributed by atoms with Gasteiger partial charge in [-0.2, -0.15) is 18.2 Å². The van der Waals surface area contributed by atoms with Gasteiger partial charge in [-0.3, -0.25) is 9.79 Å². The van der Waals surface area contributed by atoms with Crippen LogP contribution in [0.4, 0.5) is 19.1 Å². The Balaban J connectivity index is 0.000000285. The topological polar surface area (TPSA) is 153 Å². The van der Waals surface area contributed by atoms with Crippen molar-refractivity contribution >= 4 is 17.8 Å². The van der Waals surface area contributed by atoms with E-state index in [1.165, 1.54) is 16.0 Å². The van der Waals surface area contributed by atoms with Gasteiger partial charge in [0.1, 0.15) is 17.3 Å². The summed E-state index contributed by atoms with van der Waals surface area (Å²) in [4.78, 5) is 29.4. The van der Waals surface area contributed by atoms with Crippen LogP contribution < -0.4 is 15.4 Å². The van der Waals surface area contributed by atoms with Crippen LogP contribution in [0.25, 0.3) is 33.6 Å². The van der Waals surface area contributed by atoms with E-state index in [1.807, 2.05) is 97.1 Å². The number of nitrogens with zero attached hydrogens (tertiary/aromatic N) is 6. The standard InChI is InChI=1S/C32H26F3N5O4.C14H14N2/c33-32(34,35)27-14-15-36-31(37-27)40-17-24(26(18-40)30(41)42)16-20-6-12-25(13-7-20)43-19-28-38-29(39-44-28)23-10-8-22(9-11-23)21-4-2-1-3-5-21;1-16-14(15)13-9-7-12(8-10-13)11-5-3-2-4-6-11/h1-15,24,26H,16-19H2,(H,41,42);2-10H,1H3,(H2,15,16)/t24-,26+;/m1./s1. The van der Waals surface area contributed by atoms with Crippen LogP contribution in [0.2, 0.25) is 0 Å². The Labute approximate surface area is 344 Å². The fraction of sp³-hybridized carbons (Fsp3) is 0.174. The summed E-state index contributed by atoms with van der Waals surface area (Å²) in [6.45, 7) is 0.293. The lowest BCUT2D eigenvalue weighted by atomic mass is 9.90. The van der Waals surface area contributed by atoms with Gasteiger partial charge < -0.3 is 25.0 Å². The number of rotatable bonds is 11. The van der Waals surface area contributed by atoms with Gasteiger partial charge in [0, 0.05) is 37.5 Å². The number of benzene rings is 5. The molecule has 0 aliphatic carbocycles. The summed E-state index contributed by atoms with van der Waals surface area (Å²) < 4.78 is 50.5. The van der Waals surface area contributed by atoms with Crippen molar-refractivity contribution in [2.45, 2.75) is 19.2 Å². The predicted molar refractivity (Wildman–Crippen MR) is 222 cm³/mol. The molecule has 1 saturated heterocycles. The number of carboxylic acids is 1. The molecule has 1 aliphatic rings. The van der Waals surface area contributed by atoms with Crippen molar-refractivity contribution < 1.29 is 32.3 Å². The first kappa shape index (κ1) is 40.8. The van der Waals surface area contributed by atoms with Crippen LogP contribution in [-0.2, 0) is 24.0 Å². The highest BCUT2D eigenvalue weighted by Crippen LogP contribution is 2.33. The normalized spacial score (nSPS) is 15.3. The Kier molecular flexibility index (Phi) is 12.6. The SMILES string of the molecule is CN=C(N)c1ccc(-c2ccccc2)cc1.O=C(O)[C@H]1CN(c2nccc(C(F)(F)F)n2)C[C@H]1Cc1ccc(OCc2nc(-c3ccc(-c4ccccc4)cc3)no2)cc1. The van der Waals surface area contributed by atoms with Crippen molar-refractivity contribution in [2.75, 3.05) is 25.0 Å². The number of hydrogen-bond donors (Lipinski definition) is 2. The molecule has 14 heteroatoms. The third-order valence-corrected chi connectivity index (χ3v) is 10.0. The molecular formula is C46H40F3N7O4. The number of carbonyl (C=O) groups is 1. The Morgan fingerprint density at radius 3 is 1.97 bits per heavy atom. The first-order valence-corrected chi connectivity index (χ1v) is 19.0. The van der Waals surface area contributed by atoms with Crippen LogP contribution in [0.3, 0.4) is 0 Å². The van der Waals surface area contributed by atoms with E-state index in [-0.39, 0.29) is 31.6 Å². The van der Waals surface area contributed by atoms with Crippen molar-refractivity contribution in [2.24, 2.45) is 22.6 Å². The molecule has 0 bridgehead atoms. The molecule has 2 aromatic heterocycles. The van der Waals surface area contributed by atoms with Crippen LogP contribution in [0.1, 0.15) is 22.7 Å². The summed E-state index contributed by atoms with van der Waals surface area (Å²) >= 11 is 0. The summed E-state index contributed by atoms with van der Waals surface area (Å²) in [5, 5.41) is 13.8. The van der Waals surface area contributed by atoms with E-state index >= 15 is 0 Å². The summed E-state index contributed by atoms with van der Waals surface area (Å²) in [6.07, 6.45) is -3.18. The zero-order valence-electron chi connectivity index (χ0n) is 32.4. The minimum absolute atomic E-state index is 0.0197. The van der Waals surface area contributed by atoms with E-state index in [2.05, 4.69) is 49.4 Å². The fourth-order valence-electron chi connectivity index (χ4n) is 6.82. The Morgan fingerprint density at radius 1 is 0.800 bits per heavy atom. The molecule has 60 heavy (non-hydrogen) atoms. The second-order valence-corrected chi connectivity index (χ2v) is 14.0. The molecule has 0 saturated carbocycles. The first-order valence-electron chi connectivity index (χ1n) is 19.0. The van der Waals surface area contributed by atoms with Gasteiger partial charge in [0.05, 0.1) is 5.92 Å². The molecule has 3 N–H and O–H groups in total. The molecule has 0 spiro atoms. The molecule has 1 fully saturated rings. The Bertz CT molecular complexity index is 2520. The van der Waals surface area contributed by atoms with E-state index < -0.39 is 23.8 Å². The van der Waals surface area contributed by atoms with Gasteiger partial charge in [-0.1, -0.05) is 126 Å². The van der Waals surface area contributed by atoms with Gasteiger partial charge in [-0.15, -0.1) is 0 Å². The maximum atomic E-state index is 13.1. The number of carboxylic acid groups (broad SMARTS) is 1. The summed E-state index contributed by atoms with van der Waals surface area (Å²) in [5.41, 5.74) is 11.9. The number of halogens is 3. The van der Waals surface area contributed by atoms with Crippen LogP contribution in [0, 0.1) is 11.8 Å². The molecule has 5 aromatic carbocycles. The molecule has 0 amide bonds. The van der Waals surface area contributed by atoms with Gasteiger partial charge in [0.15, 0.2) is 6.61 Å². The van der Waals surface area contributed by atoms with E-state index in [9.17, 15) is 23.1 Å². The van der Waals surface area contributed by atoms with Gasteiger partial charge >= 0.3 is 12.1 Å². The monoisotopic (exact) mass is 811 g/mol. The smallest absolute Gasteiger partial charge is 0.433 e. The van der Waals surface area contributed by atoms with Gasteiger partial charge in [0.2, 0.25) is 11.8 Å². The van der Waals surface area contributed by atoms with E-state index in [1.54, 1.807) is 19.2 Å². The highest BCUT2D eigenvalue weighted by atomic mass is 19.4. The lowest BCUT2D eigenvalue weighted by molar-refractivity contribution is -0.142. The highest BCUT2D eigenvalue weighted by Gasteiger charge is 2.40. The highest BCUT2D eigenvalue weighted by molar-refractivity contribution is 5.97. The zero-order valence-corrected chi connectivity index (χ0v) is 32.4. The van der Waals surface area contributed by atoms with E-state index in [0.717, 1.165) is 40.1 Å². The number of anilines is 1.